The highest BCUT2D eigenvalue weighted by atomic mass is 16.2. The average Bonchev–Trinajstić information content (AvgIpc) is 2.28. The number of amides is 1. The van der Waals surface area contributed by atoms with Gasteiger partial charge in [0.15, 0.2) is 0 Å². The minimum absolute atomic E-state index is 0.312. The predicted octanol–water partition coefficient (Wildman–Crippen LogP) is 1.46. The number of nitrogens with one attached hydrogen (secondary N) is 1. The first kappa shape index (κ1) is 10.6. The number of nitrogens with zero attached hydrogens (tertiary/aromatic N) is 1. The Labute approximate surface area is 93.4 Å². The number of benzene rings is 1. The number of pyridine rings is 1. The summed E-state index contributed by atoms with van der Waals surface area (Å²) in [4.78, 5) is 15.9. The standard InChI is InChI=1S/C12H13N3O/c1-7-3-4-11-9(5-7)6-10(8(2)14-11)12(16)15-13/h3-6H,13H2,1-2H3,(H,15,16). The van der Waals surface area contributed by atoms with Crippen LogP contribution in [-0.2, 0) is 0 Å². The molecule has 0 fully saturated rings. The van der Waals surface area contributed by atoms with E-state index in [1.54, 1.807) is 6.92 Å². The maximum atomic E-state index is 11.5. The molecular formula is C12H13N3O. The Kier molecular flexibility index (Phi) is 2.58. The molecule has 1 amide bonds. The van der Waals surface area contributed by atoms with E-state index in [0.29, 0.717) is 11.3 Å². The summed E-state index contributed by atoms with van der Waals surface area (Å²) in [6, 6.07) is 7.75. The van der Waals surface area contributed by atoms with Gasteiger partial charge in [-0.3, -0.25) is 15.2 Å². The maximum absolute atomic E-state index is 11.5. The minimum Gasteiger partial charge on any atom is -0.290 e. The van der Waals surface area contributed by atoms with Crippen molar-refractivity contribution in [3.63, 3.8) is 0 Å². The van der Waals surface area contributed by atoms with Crippen molar-refractivity contribution in [1.29, 1.82) is 0 Å². The highest BCUT2D eigenvalue weighted by Gasteiger charge is 2.09. The normalized spacial score (nSPS) is 10.4. The molecule has 1 aromatic heterocycles. The van der Waals surface area contributed by atoms with Crippen molar-refractivity contribution in [2.75, 3.05) is 0 Å². The predicted molar refractivity (Wildman–Crippen MR) is 62.9 cm³/mol. The summed E-state index contributed by atoms with van der Waals surface area (Å²) in [5.74, 6) is 4.81. The molecule has 0 atom stereocenters. The number of hydrazine groups is 1. The highest BCUT2D eigenvalue weighted by Crippen LogP contribution is 2.17. The van der Waals surface area contributed by atoms with Crippen LogP contribution in [0.2, 0.25) is 0 Å². The first-order valence-electron chi connectivity index (χ1n) is 5.01. The zero-order valence-electron chi connectivity index (χ0n) is 9.24. The van der Waals surface area contributed by atoms with E-state index in [1.165, 1.54) is 0 Å². The van der Waals surface area contributed by atoms with Crippen molar-refractivity contribution < 1.29 is 4.79 Å². The quantitative estimate of drug-likeness (QED) is 0.430. The van der Waals surface area contributed by atoms with Crippen LogP contribution in [0.4, 0.5) is 0 Å². The first-order chi connectivity index (χ1) is 7.61. The molecule has 2 aromatic rings. The number of hydrogen-bond donors (Lipinski definition) is 2. The Morgan fingerprint density at radius 3 is 2.75 bits per heavy atom. The fraction of sp³-hybridized carbons (Fsp3) is 0.167. The summed E-state index contributed by atoms with van der Waals surface area (Å²) in [6.45, 7) is 3.80. The molecule has 0 spiro atoms. The topological polar surface area (TPSA) is 68.0 Å². The van der Waals surface area contributed by atoms with Crippen LogP contribution in [-0.4, -0.2) is 10.9 Å². The second kappa shape index (κ2) is 3.90. The molecule has 0 saturated heterocycles. The van der Waals surface area contributed by atoms with Gasteiger partial charge in [-0.25, -0.2) is 5.84 Å². The molecule has 0 aliphatic rings. The van der Waals surface area contributed by atoms with Crippen molar-refractivity contribution in [1.82, 2.24) is 10.4 Å². The zero-order chi connectivity index (χ0) is 11.7. The van der Waals surface area contributed by atoms with Crippen LogP contribution in [0.5, 0.6) is 0 Å². The second-order valence-electron chi connectivity index (χ2n) is 3.79. The first-order valence-corrected chi connectivity index (χ1v) is 5.01. The highest BCUT2D eigenvalue weighted by molar-refractivity contribution is 5.98. The minimum atomic E-state index is -0.312. The van der Waals surface area contributed by atoms with Gasteiger partial charge in [0.25, 0.3) is 5.91 Å². The Bertz CT molecular complexity index is 563. The van der Waals surface area contributed by atoms with Crippen molar-refractivity contribution in [3.05, 3.63) is 41.1 Å². The smallest absolute Gasteiger partial charge is 0.267 e. The number of nitrogens with two attached hydrogens (primary N) is 1. The monoisotopic (exact) mass is 215 g/mol. The molecule has 82 valence electrons. The van der Waals surface area contributed by atoms with Crippen LogP contribution in [0, 0.1) is 13.8 Å². The fourth-order valence-corrected chi connectivity index (χ4v) is 1.70. The molecule has 2 rings (SSSR count). The van der Waals surface area contributed by atoms with Gasteiger partial charge in [-0.2, -0.15) is 0 Å². The van der Waals surface area contributed by atoms with Gasteiger partial charge < -0.3 is 0 Å². The van der Waals surface area contributed by atoms with Crippen molar-refractivity contribution >= 4 is 16.8 Å². The summed E-state index contributed by atoms with van der Waals surface area (Å²) in [5.41, 5.74) is 5.34. The molecule has 4 heteroatoms. The third-order valence-electron chi connectivity index (χ3n) is 2.54. The molecule has 1 aromatic carbocycles. The molecule has 16 heavy (non-hydrogen) atoms. The van der Waals surface area contributed by atoms with Gasteiger partial charge >= 0.3 is 0 Å². The number of aromatic nitrogens is 1. The molecule has 1 heterocycles. The zero-order valence-corrected chi connectivity index (χ0v) is 9.24. The number of rotatable bonds is 1. The Balaban J connectivity index is 2.68. The number of aryl methyl sites for hydroxylation is 2. The number of fused-ring (bicyclic) bond motifs is 1. The molecule has 0 saturated carbocycles. The summed E-state index contributed by atoms with van der Waals surface area (Å²) in [7, 11) is 0. The van der Waals surface area contributed by atoms with E-state index in [-0.39, 0.29) is 5.91 Å². The van der Waals surface area contributed by atoms with Crippen molar-refractivity contribution in [2.45, 2.75) is 13.8 Å². The van der Waals surface area contributed by atoms with Crippen molar-refractivity contribution in [2.24, 2.45) is 5.84 Å². The van der Waals surface area contributed by atoms with E-state index in [0.717, 1.165) is 16.5 Å². The Hall–Kier alpha value is -1.94. The molecule has 0 aliphatic carbocycles. The van der Waals surface area contributed by atoms with Crippen LogP contribution < -0.4 is 11.3 Å². The lowest BCUT2D eigenvalue weighted by Gasteiger charge is -2.06. The average molecular weight is 215 g/mol. The third kappa shape index (κ3) is 1.75. The number of carbonyl (C=O) groups excluding carboxylic acids is 1. The van der Waals surface area contributed by atoms with E-state index in [4.69, 9.17) is 5.84 Å². The fourth-order valence-electron chi connectivity index (χ4n) is 1.70. The number of nitrogen functional groups attached to an aromatic ring is 1. The summed E-state index contributed by atoms with van der Waals surface area (Å²) < 4.78 is 0. The lowest BCUT2D eigenvalue weighted by Crippen LogP contribution is -2.30. The molecule has 3 N–H and O–H groups in total. The van der Waals surface area contributed by atoms with Crippen LogP contribution in [0.1, 0.15) is 21.6 Å². The van der Waals surface area contributed by atoms with Gasteiger partial charge in [0.2, 0.25) is 0 Å². The van der Waals surface area contributed by atoms with Gasteiger partial charge in [0.05, 0.1) is 16.8 Å². The molecule has 0 aliphatic heterocycles. The molecule has 4 nitrogen and oxygen atoms in total. The maximum Gasteiger partial charge on any atom is 0.267 e. The van der Waals surface area contributed by atoms with E-state index in [1.807, 2.05) is 31.2 Å². The number of carbonyl (C=O) groups is 1. The summed E-state index contributed by atoms with van der Waals surface area (Å²) >= 11 is 0. The lowest BCUT2D eigenvalue weighted by molar-refractivity contribution is 0.0953. The lowest BCUT2D eigenvalue weighted by atomic mass is 10.1. The summed E-state index contributed by atoms with van der Waals surface area (Å²) in [6.07, 6.45) is 0. The van der Waals surface area contributed by atoms with Crippen LogP contribution in [0.3, 0.4) is 0 Å². The van der Waals surface area contributed by atoms with E-state index < -0.39 is 0 Å². The second-order valence-corrected chi connectivity index (χ2v) is 3.79. The molecule has 0 bridgehead atoms. The van der Waals surface area contributed by atoms with Crippen molar-refractivity contribution in [3.8, 4) is 0 Å². The van der Waals surface area contributed by atoms with Gasteiger partial charge in [-0.15, -0.1) is 0 Å². The van der Waals surface area contributed by atoms with Gasteiger partial charge in [0.1, 0.15) is 0 Å². The van der Waals surface area contributed by atoms with Gasteiger partial charge in [-0.05, 0) is 32.0 Å². The van der Waals surface area contributed by atoms with E-state index >= 15 is 0 Å². The molecular weight excluding hydrogens is 202 g/mol. The van der Waals surface area contributed by atoms with Crippen LogP contribution >= 0.6 is 0 Å². The largest absolute Gasteiger partial charge is 0.290 e. The number of hydrogen-bond acceptors (Lipinski definition) is 3. The SMILES string of the molecule is Cc1ccc2nc(C)c(C(=O)NN)cc2c1. The molecule has 0 radical (unpaired) electrons. The third-order valence-corrected chi connectivity index (χ3v) is 2.54. The summed E-state index contributed by atoms with van der Waals surface area (Å²) in [5, 5.41) is 0.948. The van der Waals surface area contributed by atoms with E-state index in [2.05, 4.69) is 10.4 Å². The van der Waals surface area contributed by atoms with Gasteiger partial charge in [-0.1, -0.05) is 11.6 Å². The van der Waals surface area contributed by atoms with Crippen LogP contribution in [0.15, 0.2) is 24.3 Å². The van der Waals surface area contributed by atoms with E-state index in [9.17, 15) is 4.79 Å². The van der Waals surface area contributed by atoms with Gasteiger partial charge in [0, 0.05) is 5.39 Å². The molecule has 0 unspecified atom stereocenters. The Morgan fingerprint density at radius 1 is 1.31 bits per heavy atom. The van der Waals surface area contributed by atoms with Crippen LogP contribution in [0.25, 0.3) is 10.9 Å². The Morgan fingerprint density at radius 2 is 2.06 bits per heavy atom.